The second kappa shape index (κ2) is 4.22. The number of hydrogen-bond donors (Lipinski definition) is 1. The summed E-state index contributed by atoms with van der Waals surface area (Å²) in [6.07, 6.45) is 0. The fourth-order valence-corrected chi connectivity index (χ4v) is 2.05. The molecule has 17 heavy (non-hydrogen) atoms. The standard InChI is InChI=1S/C12H10ClNO3/c1-2-14-10-4-3-7(12(16)17)5-8(10)9(13)6-11(14)15/h3-6H,2H2,1H3,(H,16,17). The Morgan fingerprint density at radius 2 is 2.12 bits per heavy atom. The number of benzene rings is 1. The van der Waals surface area contributed by atoms with Crippen LogP contribution >= 0.6 is 11.6 Å². The van der Waals surface area contributed by atoms with E-state index in [1.807, 2.05) is 6.92 Å². The molecule has 0 bridgehead atoms. The van der Waals surface area contributed by atoms with Crippen molar-refractivity contribution in [3.63, 3.8) is 0 Å². The molecule has 0 aliphatic heterocycles. The zero-order chi connectivity index (χ0) is 12.6. The number of aryl methyl sites for hydroxylation is 1. The highest BCUT2D eigenvalue weighted by atomic mass is 35.5. The highest BCUT2D eigenvalue weighted by Crippen LogP contribution is 2.22. The molecule has 2 rings (SSSR count). The van der Waals surface area contributed by atoms with Crippen LogP contribution in [0.1, 0.15) is 17.3 Å². The first-order valence-corrected chi connectivity index (χ1v) is 5.48. The van der Waals surface area contributed by atoms with Crippen molar-refractivity contribution in [2.45, 2.75) is 13.5 Å². The highest BCUT2D eigenvalue weighted by molar-refractivity contribution is 6.35. The fourth-order valence-electron chi connectivity index (χ4n) is 1.80. The third-order valence-electron chi connectivity index (χ3n) is 2.62. The minimum Gasteiger partial charge on any atom is -0.478 e. The van der Waals surface area contributed by atoms with Gasteiger partial charge in [-0.15, -0.1) is 0 Å². The SMILES string of the molecule is CCn1c(=O)cc(Cl)c2cc(C(=O)O)ccc21. The maximum Gasteiger partial charge on any atom is 0.335 e. The van der Waals surface area contributed by atoms with Gasteiger partial charge in [-0.05, 0) is 25.1 Å². The summed E-state index contributed by atoms with van der Waals surface area (Å²) in [5.41, 5.74) is 0.615. The average molecular weight is 252 g/mol. The third kappa shape index (κ3) is 1.91. The Balaban J connectivity index is 2.88. The Bertz CT molecular complexity index is 661. The molecule has 1 aromatic heterocycles. The van der Waals surface area contributed by atoms with E-state index in [2.05, 4.69) is 0 Å². The van der Waals surface area contributed by atoms with E-state index in [0.29, 0.717) is 17.4 Å². The van der Waals surface area contributed by atoms with Crippen LogP contribution in [0.3, 0.4) is 0 Å². The molecule has 0 aliphatic rings. The number of aromatic nitrogens is 1. The van der Waals surface area contributed by atoms with E-state index in [4.69, 9.17) is 16.7 Å². The van der Waals surface area contributed by atoms with Gasteiger partial charge in [0.2, 0.25) is 0 Å². The number of hydrogen-bond acceptors (Lipinski definition) is 2. The number of aromatic carboxylic acids is 1. The molecule has 1 heterocycles. The van der Waals surface area contributed by atoms with Gasteiger partial charge in [0.05, 0.1) is 16.1 Å². The lowest BCUT2D eigenvalue weighted by atomic mass is 10.1. The highest BCUT2D eigenvalue weighted by Gasteiger charge is 2.09. The summed E-state index contributed by atoms with van der Waals surface area (Å²) in [6.45, 7) is 2.36. The molecule has 0 aliphatic carbocycles. The van der Waals surface area contributed by atoms with Crippen molar-refractivity contribution in [3.8, 4) is 0 Å². The van der Waals surface area contributed by atoms with Crippen LogP contribution in [0.5, 0.6) is 0 Å². The summed E-state index contributed by atoms with van der Waals surface area (Å²) in [4.78, 5) is 22.5. The van der Waals surface area contributed by atoms with Gasteiger partial charge in [0.1, 0.15) is 0 Å². The van der Waals surface area contributed by atoms with Crippen LogP contribution in [-0.4, -0.2) is 15.6 Å². The van der Waals surface area contributed by atoms with Crippen molar-refractivity contribution in [2.75, 3.05) is 0 Å². The van der Waals surface area contributed by atoms with E-state index >= 15 is 0 Å². The first-order valence-electron chi connectivity index (χ1n) is 5.11. The normalized spacial score (nSPS) is 10.7. The molecule has 2 aromatic rings. The Morgan fingerprint density at radius 1 is 1.41 bits per heavy atom. The minimum absolute atomic E-state index is 0.153. The molecule has 0 atom stereocenters. The van der Waals surface area contributed by atoms with Gasteiger partial charge in [-0.3, -0.25) is 4.79 Å². The summed E-state index contributed by atoms with van der Waals surface area (Å²) in [7, 11) is 0. The van der Waals surface area contributed by atoms with Gasteiger partial charge in [-0.2, -0.15) is 0 Å². The van der Waals surface area contributed by atoms with Crippen molar-refractivity contribution in [2.24, 2.45) is 0 Å². The van der Waals surface area contributed by atoms with E-state index in [0.717, 1.165) is 0 Å². The Morgan fingerprint density at radius 3 is 2.71 bits per heavy atom. The topological polar surface area (TPSA) is 59.3 Å². The minimum atomic E-state index is -1.02. The predicted molar refractivity (Wildman–Crippen MR) is 65.9 cm³/mol. The molecule has 5 heteroatoms. The summed E-state index contributed by atoms with van der Waals surface area (Å²) in [5, 5.41) is 9.76. The van der Waals surface area contributed by atoms with Crippen LogP contribution < -0.4 is 5.56 Å². The molecule has 0 spiro atoms. The molecule has 0 saturated heterocycles. The third-order valence-corrected chi connectivity index (χ3v) is 2.94. The van der Waals surface area contributed by atoms with Gasteiger partial charge in [0.25, 0.3) is 5.56 Å². The first kappa shape index (κ1) is 11.7. The Hall–Kier alpha value is -1.81. The quantitative estimate of drug-likeness (QED) is 0.891. The monoisotopic (exact) mass is 251 g/mol. The summed E-state index contributed by atoms with van der Waals surface area (Å²) in [5.74, 6) is -1.02. The van der Waals surface area contributed by atoms with Crippen molar-refractivity contribution in [3.05, 3.63) is 45.2 Å². The Labute approximate surface area is 102 Å². The predicted octanol–water partition coefficient (Wildman–Crippen LogP) is 2.37. The number of halogens is 1. The van der Waals surface area contributed by atoms with Crippen LogP contribution in [0, 0.1) is 0 Å². The number of pyridine rings is 1. The summed E-state index contributed by atoms with van der Waals surface area (Å²) < 4.78 is 1.55. The number of fused-ring (bicyclic) bond motifs is 1. The molecule has 0 radical (unpaired) electrons. The molecule has 0 amide bonds. The second-order valence-electron chi connectivity index (χ2n) is 3.61. The molecular weight excluding hydrogens is 242 g/mol. The zero-order valence-corrected chi connectivity index (χ0v) is 9.86. The van der Waals surface area contributed by atoms with Gasteiger partial charge in [-0.1, -0.05) is 11.6 Å². The molecule has 88 valence electrons. The molecule has 0 saturated carbocycles. The van der Waals surface area contributed by atoms with E-state index < -0.39 is 5.97 Å². The summed E-state index contributed by atoms with van der Waals surface area (Å²) in [6, 6.07) is 5.85. The van der Waals surface area contributed by atoms with Crippen molar-refractivity contribution in [1.82, 2.24) is 4.57 Å². The lowest BCUT2D eigenvalue weighted by molar-refractivity contribution is 0.0697. The maximum absolute atomic E-state index is 11.7. The number of nitrogens with zero attached hydrogens (tertiary/aromatic N) is 1. The van der Waals surface area contributed by atoms with E-state index in [9.17, 15) is 9.59 Å². The van der Waals surface area contributed by atoms with Crippen LogP contribution in [-0.2, 0) is 6.54 Å². The maximum atomic E-state index is 11.7. The molecule has 1 aromatic carbocycles. The molecule has 4 nitrogen and oxygen atoms in total. The van der Waals surface area contributed by atoms with Gasteiger partial charge < -0.3 is 9.67 Å². The number of carbonyl (C=O) groups is 1. The number of carboxylic acid groups (broad SMARTS) is 1. The van der Waals surface area contributed by atoms with Crippen LogP contribution in [0.2, 0.25) is 5.02 Å². The zero-order valence-electron chi connectivity index (χ0n) is 9.11. The van der Waals surface area contributed by atoms with E-state index in [1.165, 1.54) is 18.2 Å². The number of carboxylic acids is 1. The van der Waals surface area contributed by atoms with Gasteiger partial charge in [0.15, 0.2) is 0 Å². The molecule has 0 unspecified atom stereocenters. The lowest BCUT2D eigenvalue weighted by Gasteiger charge is -2.09. The summed E-state index contributed by atoms with van der Waals surface area (Å²) >= 11 is 5.96. The van der Waals surface area contributed by atoms with Crippen molar-refractivity contribution < 1.29 is 9.90 Å². The van der Waals surface area contributed by atoms with Crippen LogP contribution in [0.4, 0.5) is 0 Å². The molecular formula is C12H10ClNO3. The second-order valence-corrected chi connectivity index (χ2v) is 4.02. The van der Waals surface area contributed by atoms with Crippen molar-refractivity contribution in [1.29, 1.82) is 0 Å². The lowest BCUT2D eigenvalue weighted by Crippen LogP contribution is -2.18. The largest absolute Gasteiger partial charge is 0.478 e. The van der Waals surface area contributed by atoms with Crippen molar-refractivity contribution >= 4 is 28.5 Å². The first-order chi connectivity index (χ1) is 8.04. The molecule has 0 fully saturated rings. The van der Waals surface area contributed by atoms with Crippen LogP contribution in [0.15, 0.2) is 29.1 Å². The van der Waals surface area contributed by atoms with E-state index in [-0.39, 0.29) is 16.1 Å². The smallest absolute Gasteiger partial charge is 0.335 e. The average Bonchev–Trinajstić information content (AvgIpc) is 2.29. The fraction of sp³-hybridized carbons (Fsp3) is 0.167. The van der Waals surface area contributed by atoms with Gasteiger partial charge in [-0.25, -0.2) is 4.79 Å². The van der Waals surface area contributed by atoms with Gasteiger partial charge in [0, 0.05) is 18.0 Å². The van der Waals surface area contributed by atoms with E-state index in [1.54, 1.807) is 10.6 Å². The van der Waals surface area contributed by atoms with Crippen LogP contribution in [0.25, 0.3) is 10.9 Å². The number of rotatable bonds is 2. The van der Waals surface area contributed by atoms with Gasteiger partial charge >= 0.3 is 5.97 Å². The Kier molecular flexibility index (Phi) is 2.90. The molecule has 1 N–H and O–H groups in total.